The summed E-state index contributed by atoms with van der Waals surface area (Å²) in [6, 6.07) is 12.2. The van der Waals surface area contributed by atoms with E-state index in [0.717, 1.165) is 24.6 Å². The first-order valence-electron chi connectivity index (χ1n) is 7.16. The highest BCUT2D eigenvalue weighted by molar-refractivity contribution is 5.48. The fourth-order valence-electron chi connectivity index (χ4n) is 2.60. The minimum Gasteiger partial charge on any atom is -0.364 e. The topological polar surface area (TPSA) is 67.1 Å². The van der Waals surface area contributed by atoms with Crippen molar-refractivity contribution in [2.75, 3.05) is 10.2 Å². The number of rotatable bonds is 4. The van der Waals surface area contributed by atoms with Crippen molar-refractivity contribution >= 4 is 11.8 Å². The molecule has 0 spiro atoms. The number of anilines is 2. The van der Waals surface area contributed by atoms with Crippen LogP contribution >= 0.6 is 0 Å². The molecule has 3 heterocycles. The Morgan fingerprint density at radius 1 is 1.09 bits per heavy atom. The van der Waals surface area contributed by atoms with Gasteiger partial charge < -0.3 is 14.7 Å². The lowest BCUT2D eigenvalue weighted by atomic mass is 10.1. The summed E-state index contributed by atoms with van der Waals surface area (Å²) in [5.74, 6) is 1.52. The van der Waals surface area contributed by atoms with E-state index in [9.17, 15) is 0 Å². The average Bonchev–Trinajstić information content (AvgIpc) is 3.22. The molecule has 0 saturated heterocycles. The van der Waals surface area contributed by atoms with E-state index in [4.69, 9.17) is 4.52 Å². The molecule has 0 atom stereocenters. The van der Waals surface area contributed by atoms with Crippen molar-refractivity contribution in [3.8, 4) is 0 Å². The van der Waals surface area contributed by atoms with E-state index in [0.29, 0.717) is 12.5 Å². The Labute approximate surface area is 127 Å². The quantitative estimate of drug-likeness (QED) is 0.797. The Kier molecular flexibility index (Phi) is 3.19. The van der Waals surface area contributed by atoms with E-state index in [2.05, 4.69) is 49.6 Å². The van der Waals surface area contributed by atoms with Crippen LogP contribution in [0.3, 0.4) is 0 Å². The van der Waals surface area contributed by atoms with Gasteiger partial charge in [0.25, 0.3) is 0 Å². The normalized spacial score (nSPS) is 13.2. The molecule has 6 heteroatoms. The fraction of sp³-hybridized carbons (Fsp3) is 0.188. The van der Waals surface area contributed by atoms with E-state index in [1.54, 1.807) is 12.5 Å². The SMILES string of the molecule is c1ccc2c(c1)CN(c1ccnc(NCc3ccon3)n1)C2. The van der Waals surface area contributed by atoms with Gasteiger partial charge in [-0.25, -0.2) is 4.98 Å². The summed E-state index contributed by atoms with van der Waals surface area (Å²) in [5, 5.41) is 7.02. The van der Waals surface area contributed by atoms with Crippen molar-refractivity contribution in [2.45, 2.75) is 19.6 Å². The Hall–Kier alpha value is -2.89. The number of nitrogens with zero attached hydrogens (tertiary/aromatic N) is 4. The zero-order valence-corrected chi connectivity index (χ0v) is 11.9. The molecule has 1 N–H and O–H groups in total. The molecule has 4 rings (SSSR count). The van der Waals surface area contributed by atoms with Crippen LogP contribution in [0.25, 0.3) is 0 Å². The molecular weight excluding hydrogens is 278 g/mol. The zero-order chi connectivity index (χ0) is 14.8. The maximum Gasteiger partial charge on any atom is 0.224 e. The molecule has 0 amide bonds. The fourth-order valence-corrected chi connectivity index (χ4v) is 2.60. The predicted octanol–water partition coefficient (Wildman–Crippen LogP) is 2.60. The van der Waals surface area contributed by atoms with E-state index in [1.807, 2.05) is 12.1 Å². The van der Waals surface area contributed by atoms with Crippen LogP contribution in [0.2, 0.25) is 0 Å². The molecular formula is C16H15N5O. The standard InChI is InChI=1S/C16H15N5O/c1-2-4-13-11-21(10-12(13)3-1)15-5-7-17-16(19-15)18-9-14-6-8-22-20-14/h1-8H,9-11H2,(H,17,18,19). The summed E-state index contributed by atoms with van der Waals surface area (Å²) in [7, 11) is 0. The van der Waals surface area contributed by atoms with Crippen molar-refractivity contribution < 1.29 is 4.52 Å². The molecule has 0 fully saturated rings. The van der Waals surface area contributed by atoms with Crippen molar-refractivity contribution in [2.24, 2.45) is 0 Å². The molecule has 0 radical (unpaired) electrons. The molecule has 1 aliphatic rings. The highest BCUT2D eigenvalue weighted by atomic mass is 16.5. The third-order valence-electron chi connectivity index (χ3n) is 3.72. The van der Waals surface area contributed by atoms with Crippen LogP contribution in [0.4, 0.5) is 11.8 Å². The van der Waals surface area contributed by atoms with Gasteiger partial charge >= 0.3 is 0 Å². The van der Waals surface area contributed by atoms with Crippen LogP contribution in [0, 0.1) is 0 Å². The summed E-state index contributed by atoms with van der Waals surface area (Å²) in [4.78, 5) is 11.1. The molecule has 22 heavy (non-hydrogen) atoms. The van der Waals surface area contributed by atoms with Gasteiger partial charge in [-0.1, -0.05) is 29.4 Å². The average molecular weight is 293 g/mol. The number of benzene rings is 1. The van der Waals surface area contributed by atoms with Crippen LogP contribution in [0.1, 0.15) is 16.8 Å². The van der Waals surface area contributed by atoms with Gasteiger partial charge in [-0.15, -0.1) is 0 Å². The molecule has 0 saturated carbocycles. The molecule has 0 bridgehead atoms. The molecule has 2 aromatic heterocycles. The van der Waals surface area contributed by atoms with E-state index >= 15 is 0 Å². The maximum absolute atomic E-state index is 4.80. The summed E-state index contributed by atoms with van der Waals surface area (Å²) in [5.41, 5.74) is 3.54. The summed E-state index contributed by atoms with van der Waals surface area (Å²) in [6.07, 6.45) is 3.33. The highest BCUT2D eigenvalue weighted by Gasteiger charge is 2.19. The second kappa shape index (κ2) is 5.48. The minimum atomic E-state index is 0.542. The highest BCUT2D eigenvalue weighted by Crippen LogP contribution is 2.26. The summed E-state index contributed by atoms with van der Waals surface area (Å²) in [6.45, 7) is 2.31. The van der Waals surface area contributed by atoms with Crippen molar-refractivity contribution in [3.05, 3.63) is 65.7 Å². The van der Waals surface area contributed by atoms with E-state index < -0.39 is 0 Å². The first-order chi connectivity index (χ1) is 10.9. The van der Waals surface area contributed by atoms with Gasteiger partial charge in [-0.3, -0.25) is 0 Å². The summed E-state index contributed by atoms with van der Waals surface area (Å²) < 4.78 is 4.80. The largest absolute Gasteiger partial charge is 0.364 e. The van der Waals surface area contributed by atoms with Crippen LogP contribution in [-0.4, -0.2) is 15.1 Å². The second-order valence-corrected chi connectivity index (χ2v) is 5.21. The second-order valence-electron chi connectivity index (χ2n) is 5.21. The van der Waals surface area contributed by atoms with Crippen LogP contribution in [0.5, 0.6) is 0 Å². The van der Waals surface area contributed by atoms with Crippen LogP contribution in [0.15, 0.2) is 53.4 Å². The lowest BCUT2D eigenvalue weighted by Gasteiger charge is -2.16. The van der Waals surface area contributed by atoms with Crippen molar-refractivity contribution in [1.29, 1.82) is 0 Å². The molecule has 1 aliphatic heterocycles. The lowest BCUT2D eigenvalue weighted by Crippen LogP contribution is -2.17. The molecule has 0 unspecified atom stereocenters. The number of hydrogen-bond acceptors (Lipinski definition) is 6. The maximum atomic E-state index is 4.80. The third-order valence-corrected chi connectivity index (χ3v) is 3.72. The van der Waals surface area contributed by atoms with Crippen molar-refractivity contribution in [1.82, 2.24) is 15.1 Å². The van der Waals surface area contributed by atoms with Gasteiger partial charge in [0.15, 0.2) is 0 Å². The van der Waals surface area contributed by atoms with E-state index in [-0.39, 0.29) is 0 Å². The van der Waals surface area contributed by atoms with Gasteiger partial charge in [-0.2, -0.15) is 4.98 Å². The minimum absolute atomic E-state index is 0.542. The summed E-state index contributed by atoms with van der Waals surface area (Å²) >= 11 is 0. The first-order valence-corrected chi connectivity index (χ1v) is 7.16. The Balaban J connectivity index is 1.48. The number of fused-ring (bicyclic) bond motifs is 1. The third kappa shape index (κ3) is 2.50. The first kappa shape index (κ1) is 12.8. The van der Waals surface area contributed by atoms with Gasteiger partial charge in [0, 0.05) is 25.4 Å². The van der Waals surface area contributed by atoms with Crippen LogP contribution in [-0.2, 0) is 19.6 Å². The van der Waals surface area contributed by atoms with Gasteiger partial charge in [0.1, 0.15) is 17.8 Å². The van der Waals surface area contributed by atoms with Gasteiger partial charge in [0.05, 0.1) is 6.54 Å². The molecule has 3 aromatic rings. The monoisotopic (exact) mass is 293 g/mol. The van der Waals surface area contributed by atoms with Crippen molar-refractivity contribution in [3.63, 3.8) is 0 Å². The molecule has 6 nitrogen and oxygen atoms in total. The number of nitrogens with one attached hydrogen (secondary N) is 1. The smallest absolute Gasteiger partial charge is 0.224 e. The Morgan fingerprint density at radius 2 is 1.91 bits per heavy atom. The molecule has 1 aromatic carbocycles. The zero-order valence-electron chi connectivity index (χ0n) is 11.9. The van der Waals surface area contributed by atoms with Gasteiger partial charge in [-0.05, 0) is 17.2 Å². The predicted molar refractivity (Wildman–Crippen MR) is 82.2 cm³/mol. The van der Waals surface area contributed by atoms with Gasteiger partial charge in [0.2, 0.25) is 5.95 Å². The van der Waals surface area contributed by atoms with E-state index in [1.165, 1.54) is 11.1 Å². The number of aromatic nitrogens is 3. The Bertz CT molecular complexity index is 747. The molecule has 0 aliphatic carbocycles. The lowest BCUT2D eigenvalue weighted by molar-refractivity contribution is 0.412. The number of hydrogen-bond donors (Lipinski definition) is 1. The van der Waals surface area contributed by atoms with Crippen LogP contribution < -0.4 is 10.2 Å². The Morgan fingerprint density at radius 3 is 2.64 bits per heavy atom. The molecule has 110 valence electrons.